The number of nitrogens with zero attached hydrogens (tertiary/aromatic N) is 4. The molecule has 0 aliphatic heterocycles. The molecule has 4 heterocycles. The third-order valence-electron chi connectivity index (χ3n) is 8.75. The highest BCUT2D eigenvalue weighted by atomic mass is 14.8. The lowest BCUT2D eigenvalue weighted by atomic mass is 9.95. The molecule has 9 aromatic rings. The van der Waals surface area contributed by atoms with E-state index in [2.05, 4.69) is 121 Å². The van der Waals surface area contributed by atoms with Crippen LogP contribution in [0.5, 0.6) is 0 Å². The van der Waals surface area contributed by atoms with E-state index in [1.165, 1.54) is 0 Å². The van der Waals surface area contributed by atoms with Crippen LogP contribution in [0.3, 0.4) is 0 Å². The van der Waals surface area contributed by atoms with Crippen molar-refractivity contribution >= 4 is 43.6 Å². The monoisotopic (exact) mass is 586 g/mol. The molecule has 0 radical (unpaired) electrons. The first-order valence-electron chi connectivity index (χ1n) is 15.4. The van der Waals surface area contributed by atoms with Crippen LogP contribution in [0.1, 0.15) is 0 Å². The highest BCUT2D eigenvalue weighted by molar-refractivity contribution is 6.10. The molecule has 4 aromatic heterocycles. The van der Waals surface area contributed by atoms with Crippen LogP contribution in [0.15, 0.2) is 158 Å². The molecule has 9 rings (SSSR count). The Morgan fingerprint density at radius 2 is 0.761 bits per heavy atom. The van der Waals surface area contributed by atoms with Gasteiger partial charge in [-0.1, -0.05) is 121 Å². The van der Waals surface area contributed by atoms with Crippen LogP contribution in [0.25, 0.3) is 88.4 Å². The van der Waals surface area contributed by atoms with Gasteiger partial charge in [0.2, 0.25) is 0 Å². The number of fused-ring (bicyclic) bond motifs is 6. The van der Waals surface area contributed by atoms with E-state index in [0.29, 0.717) is 0 Å². The van der Waals surface area contributed by atoms with E-state index >= 15 is 0 Å². The van der Waals surface area contributed by atoms with Crippen LogP contribution in [-0.2, 0) is 0 Å². The highest BCUT2D eigenvalue weighted by Gasteiger charge is 2.15. The average molecular weight is 587 g/mol. The van der Waals surface area contributed by atoms with Crippen molar-refractivity contribution in [2.24, 2.45) is 0 Å². The number of benzene rings is 5. The van der Waals surface area contributed by atoms with Crippen molar-refractivity contribution in [3.8, 4) is 44.8 Å². The van der Waals surface area contributed by atoms with Crippen molar-refractivity contribution in [2.45, 2.75) is 0 Å². The molecule has 0 amide bonds. The minimum atomic E-state index is 0.904. The lowest BCUT2D eigenvalue weighted by Gasteiger charge is -2.13. The van der Waals surface area contributed by atoms with E-state index in [1.54, 1.807) is 0 Å². The van der Waals surface area contributed by atoms with E-state index in [1.807, 2.05) is 36.7 Å². The quantitative estimate of drug-likeness (QED) is 0.193. The van der Waals surface area contributed by atoms with E-state index in [4.69, 9.17) is 19.9 Å². The molecule has 0 atom stereocenters. The maximum Gasteiger partial charge on any atom is 0.0978 e. The second kappa shape index (κ2) is 10.7. The summed E-state index contributed by atoms with van der Waals surface area (Å²) in [5, 5.41) is 4.33. The summed E-state index contributed by atoms with van der Waals surface area (Å²) in [7, 11) is 0. The van der Waals surface area contributed by atoms with Gasteiger partial charge in [-0.05, 0) is 46.5 Å². The molecule has 0 saturated carbocycles. The molecule has 0 spiro atoms. The Hall–Kier alpha value is -6.26. The first-order chi connectivity index (χ1) is 22.8. The van der Waals surface area contributed by atoms with E-state index in [9.17, 15) is 0 Å². The van der Waals surface area contributed by atoms with Crippen molar-refractivity contribution in [2.75, 3.05) is 0 Å². The van der Waals surface area contributed by atoms with Gasteiger partial charge < -0.3 is 0 Å². The minimum Gasteiger partial charge on any atom is -0.254 e. The van der Waals surface area contributed by atoms with Crippen LogP contribution < -0.4 is 0 Å². The van der Waals surface area contributed by atoms with E-state index in [0.717, 1.165) is 88.4 Å². The van der Waals surface area contributed by atoms with Crippen LogP contribution in [-0.4, -0.2) is 19.9 Å². The molecule has 4 nitrogen and oxygen atoms in total. The second-order valence-electron chi connectivity index (χ2n) is 11.5. The molecular formula is C42H26N4. The van der Waals surface area contributed by atoms with Gasteiger partial charge in [0, 0.05) is 45.1 Å². The van der Waals surface area contributed by atoms with Crippen molar-refractivity contribution in [3.63, 3.8) is 0 Å². The summed E-state index contributed by atoms with van der Waals surface area (Å²) in [6, 6.07) is 50.7. The Labute approximate surface area is 265 Å². The second-order valence-corrected chi connectivity index (χ2v) is 11.5. The fourth-order valence-corrected chi connectivity index (χ4v) is 6.48. The third-order valence-corrected chi connectivity index (χ3v) is 8.75. The maximum atomic E-state index is 5.20. The van der Waals surface area contributed by atoms with Gasteiger partial charge >= 0.3 is 0 Å². The zero-order valence-corrected chi connectivity index (χ0v) is 24.8. The van der Waals surface area contributed by atoms with Crippen molar-refractivity contribution in [3.05, 3.63) is 158 Å². The lowest BCUT2D eigenvalue weighted by molar-refractivity contribution is 1.36. The lowest BCUT2D eigenvalue weighted by Crippen LogP contribution is -1.94. The summed E-state index contributed by atoms with van der Waals surface area (Å²) < 4.78 is 0. The first-order valence-corrected chi connectivity index (χ1v) is 15.4. The fourth-order valence-electron chi connectivity index (χ4n) is 6.48. The van der Waals surface area contributed by atoms with E-state index in [-0.39, 0.29) is 0 Å². The predicted octanol–water partition coefficient (Wildman–Crippen LogP) is 10.5. The minimum absolute atomic E-state index is 0.904. The highest BCUT2D eigenvalue weighted by Crippen LogP contribution is 2.37. The number of rotatable bonds is 4. The van der Waals surface area contributed by atoms with Gasteiger partial charge in [0.25, 0.3) is 0 Å². The molecular weight excluding hydrogens is 560 g/mol. The molecule has 0 bridgehead atoms. The molecule has 0 unspecified atom stereocenters. The summed E-state index contributed by atoms with van der Waals surface area (Å²) in [5.74, 6) is 0. The summed E-state index contributed by atoms with van der Waals surface area (Å²) in [6.07, 6.45) is 3.68. The van der Waals surface area contributed by atoms with E-state index < -0.39 is 0 Å². The third kappa shape index (κ3) is 4.39. The fraction of sp³-hybridized carbons (Fsp3) is 0. The van der Waals surface area contributed by atoms with Crippen LogP contribution in [0.2, 0.25) is 0 Å². The zero-order valence-electron chi connectivity index (χ0n) is 24.8. The number of pyridine rings is 4. The zero-order chi connectivity index (χ0) is 30.5. The predicted molar refractivity (Wildman–Crippen MR) is 189 cm³/mol. The Kier molecular flexibility index (Phi) is 6.10. The Bertz CT molecular complexity index is 2380. The topological polar surface area (TPSA) is 51.6 Å². The molecule has 0 aliphatic carbocycles. The average Bonchev–Trinajstić information content (AvgIpc) is 3.14. The van der Waals surface area contributed by atoms with Gasteiger partial charge in [0.05, 0.1) is 33.5 Å². The van der Waals surface area contributed by atoms with Gasteiger partial charge in [0.15, 0.2) is 0 Å². The molecule has 4 heteroatoms. The maximum absolute atomic E-state index is 5.20. The number of hydrogen-bond donors (Lipinski definition) is 0. The smallest absolute Gasteiger partial charge is 0.0978 e. The molecule has 0 N–H and O–H groups in total. The van der Waals surface area contributed by atoms with Gasteiger partial charge in [-0.2, -0.15) is 0 Å². The number of hydrogen-bond acceptors (Lipinski definition) is 4. The van der Waals surface area contributed by atoms with Crippen molar-refractivity contribution < 1.29 is 0 Å². The van der Waals surface area contributed by atoms with Crippen LogP contribution >= 0.6 is 0 Å². The van der Waals surface area contributed by atoms with Gasteiger partial charge in [-0.15, -0.1) is 0 Å². The Morgan fingerprint density at radius 1 is 0.326 bits per heavy atom. The molecule has 5 aromatic carbocycles. The SMILES string of the molecule is c1ccc(-c2cc(-c3ccc(-c4cc(-c5ccccc5)c5ccc6cccnc6c5n4)cc3)nc3c2ccc2cccnc23)cc1. The molecule has 0 fully saturated rings. The van der Waals surface area contributed by atoms with Crippen molar-refractivity contribution in [1.82, 2.24) is 19.9 Å². The molecule has 214 valence electrons. The summed E-state index contributed by atoms with van der Waals surface area (Å²) in [5.41, 5.74) is 12.1. The standard InChI is InChI=1S/C42H26N4/c1-3-9-27(10-4-1)35-25-37(45-41-33(35)21-19-31-13-7-23-43-39(31)41)29-15-17-30(18-16-29)38-26-36(28-11-5-2-6-12-28)34-22-20-32-14-8-24-44-40(32)42(34)46-38/h1-26H. The summed E-state index contributed by atoms with van der Waals surface area (Å²) in [6.45, 7) is 0. The van der Waals surface area contributed by atoms with Gasteiger partial charge in [-0.25, -0.2) is 9.97 Å². The first kappa shape index (κ1) is 26.2. The molecule has 0 aliphatic rings. The molecule has 0 saturated heterocycles. The normalized spacial score (nSPS) is 11.5. The summed E-state index contributed by atoms with van der Waals surface area (Å²) in [4.78, 5) is 19.9. The van der Waals surface area contributed by atoms with Crippen LogP contribution in [0.4, 0.5) is 0 Å². The number of aromatic nitrogens is 4. The van der Waals surface area contributed by atoms with Gasteiger partial charge in [-0.3, -0.25) is 9.97 Å². The largest absolute Gasteiger partial charge is 0.254 e. The summed E-state index contributed by atoms with van der Waals surface area (Å²) >= 11 is 0. The van der Waals surface area contributed by atoms with Gasteiger partial charge in [0.1, 0.15) is 0 Å². The van der Waals surface area contributed by atoms with Crippen LogP contribution in [0, 0.1) is 0 Å². The molecule has 46 heavy (non-hydrogen) atoms. The Balaban J connectivity index is 1.22. The Morgan fingerprint density at radius 3 is 1.20 bits per heavy atom. The van der Waals surface area contributed by atoms with Crippen molar-refractivity contribution in [1.29, 1.82) is 0 Å².